The van der Waals surface area contributed by atoms with Crippen molar-refractivity contribution in [2.75, 3.05) is 7.05 Å². The van der Waals surface area contributed by atoms with Crippen molar-refractivity contribution in [1.82, 2.24) is 5.32 Å². The van der Waals surface area contributed by atoms with Crippen LogP contribution in [0.1, 0.15) is 5.56 Å². The molecule has 1 aromatic rings. The van der Waals surface area contributed by atoms with Crippen LogP contribution < -0.4 is 10.1 Å². The Morgan fingerprint density at radius 2 is 2.12 bits per heavy atom. The molecule has 1 N–H and O–H groups in total. The third kappa shape index (κ3) is 1.67. The first-order chi connectivity index (χ1) is 7.54. The van der Waals surface area contributed by atoms with Crippen molar-refractivity contribution in [3.05, 3.63) is 29.2 Å². The van der Waals surface area contributed by atoms with E-state index in [1.165, 1.54) is 25.3 Å². The predicted octanol–water partition coefficient (Wildman–Crippen LogP) is 1.16. The Bertz CT molecular complexity index is 574. The monoisotopic (exact) mass is 239 g/mol. The Morgan fingerprint density at radius 1 is 1.38 bits per heavy atom. The van der Waals surface area contributed by atoms with Gasteiger partial charge in [0.1, 0.15) is 5.75 Å². The van der Waals surface area contributed by atoms with Gasteiger partial charge in [0.05, 0.1) is 4.90 Å². The molecule has 1 aliphatic rings. The van der Waals surface area contributed by atoms with Gasteiger partial charge in [0.15, 0.2) is 0 Å². The minimum Gasteiger partial charge on any atom is -0.410 e. The molecule has 5 nitrogen and oxygen atoms in total. The zero-order chi connectivity index (χ0) is 11.8. The summed E-state index contributed by atoms with van der Waals surface area (Å²) in [5, 5.41) is 3.38. The summed E-state index contributed by atoms with van der Waals surface area (Å²) >= 11 is 0. The molecule has 0 aromatic heterocycles. The molecule has 16 heavy (non-hydrogen) atoms. The number of fused-ring (bicyclic) bond motifs is 1. The number of nitrogens with one attached hydrogen (secondary N) is 1. The largest absolute Gasteiger partial charge is 0.412 e. The zero-order valence-electron chi connectivity index (χ0n) is 8.43. The second-order valence-electron chi connectivity index (χ2n) is 3.16. The summed E-state index contributed by atoms with van der Waals surface area (Å²) < 4.78 is 28.0. The molecule has 84 valence electrons. The van der Waals surface area contributed by atoms with Crippen LogP contribution in [-0.2, 0) is 9.84 Å². The fourth-order valence-corrected chi connectivity index (χ4v) is 2.61. The van der Waals surface area contributed by atoms with Crippen molar-refractivity contribution in [3.63, 3.8) is 0 Å². The normalized spacial score (nSPS) is 15.6. The van der Waals surface area contributed by atoms with Crippen LogP contribution in [0, 0.1) is 0 Å². The average molecular weight is 239 g/mol. The van der Waals surface area contributed by atoms with Crippen LogP contribution in [0.3, 0.4) is 0 Å². The third-order valence-corrected chi connectivity index (χ3v) is 3.62. The zero-order valence-corrected chi connectivity index (χ0v) is 9.24. The Balaban J connectivity index is 2.48. The summed E-state index contributed by atoms with van der Waals surface area (Å²) in [6.07, 6.45) is 0.786. The molecule has 0 bridgehead atoms. The van der Waals surface area contributed by atoms with Crippen molar-refractivity contribution in [2.45, 2.75) is 4.90 Å². The summed E-state index contributed by atoms with van der Waals surface area (Å²) in [5.74, 6) is 0.231. The number of sulfone groups is 1. The molecule has 0 radical (unpaired) electrons. The highest BCUT2D eigenvalue weighted by atomic mass is 32.2. The van der Waals surface area contributed by atoms with Crippen LogP contribution in [-0.4, -0.2) is 21.6 Å². The summed E-state index contributed by atoms with van der Waals surface area (Å²) in [6, 6.07) is 4.54. The SMILES string of the molecule is CNC(=O)Oc1cccc2c1C=CS2(=O)=O. The lowest BCUT2D eigenvalue weighted by molar-refractivity contribution is 0.202. The van der Waals surface area contributed by atoms with Crippen molar-refractivity contribution in [2.24, 2.45) is 0 Å². The van der Waals surface area contributed by atoms with Crippen LogP contribution in [0.2, 0.25) is 0 Å². The van der Waals surface area contributed by atoms with Gasteiger partial charge in [-0.05, 0) is 18.2 Å². The summed E-state index contributed by atoms with van der Waals surface area (Å²) in [4.78, 5) is 11.2. The van der Waals surface area contributed by atoms with E-state index < -0.39 is 15.9 Å². The number of amides is 1. The first-order valence-electron chi connectivity index (χ1n) is 4.50. The molecule has 0 unspecified atom stereocenters. The van der Waals surface area contributed by atoms with E-state index in [1.807, 2.05) is 0 Å². The molecule has 1 amide bonds. The fraction of sp³-hybridized carbons (Fsp3) is 0.100. The van der Waals surface area contributed by atoms with E-state index in [1.54, 1.807) is 6.07 Å². The van der Waals surface area contributed by atoms with Gasteiger partial charge in [0, 0.05) is 18.0 Å². The van der Waals surface area contributed by atoms with Crippen molar-refractivity contribution in [3.8, 4) is 5.75 Å². The number of rotatable bonds is 1. The quantitative estimate of drug-likeness (QED) is 0.798. The lowest BCUT2D eigenvalue weighted by Gasteiger charge is -2.06. The first kappa shape index (κ1) is 10.7. The number of ether oxygens (including phenoxy) is 1. The van der Waals surface area contributed by atoms with Crippen LogP contribution in [0.5, 0.6) is 5.75 Å². The lowest BCUT2D eigenvalue weighted by atomic mass is 10.2. The van der Waals surface area contributed by atoms with E-state index in [-0.39, 0.29) is 10.6 Å². The Kier molecular flexibility index (Phi) is 2.43. The molecular weight excluding hydrogens is 230 g/mol. The number of carbonyl (C=O) groups excluding carboxylic acids is 1. The van der Waals surface area contributed by atoms with Gasteiger partial charge < -0.3 is 10.1 Å². The highest BCUT2D eigenvalue weighted by molar-refractivity contribution is 7.94. The predicted molar refractivity (Wildman–Crippen MR) is 57.7 cm³/mol. The maximum atomic E-state index is 11.5. The maximum absolute atomic E-state index is 11.5. The van der Waals surface area contributed by atoms with Gasteiger partial charge in [-0.25, -0.2) is 13.2 Å². The second-order valence-corrected chi connectivity index (χ2v) is 4.96. The number of benzene rings is 1. The topological polar surface area (TPSA) is 72.5 Å². The molecule has 1 aromatic carbocycles. The molecule has 0 atom stereocenters. The molecule has 0 saturated heterocycles. The molecule has 6 heteroatoms. The lowest BCUT2D eigenvalue weighted by Crippen LogP contribution is -2.22. The minimum absolute atomic E-state index is 0.161. The van der Waals surface area contributed by atoms with Crippen molar-refractivity contribution in [1.29, 1.82) is 0 Å². The number of hydrogen-bond acceptors (Lipinski definition) is 4. The van der Waals surface area contributed by atoms with Gasteiger partial charge in [-0.1, -0.05) is 6.07 Å². The maximum Gasteiger partial charge on any atom is 0.412 e. The van der Waals surface area contributed by atoms with E-state index in [4.69, 9.17) is 4.74 Å². The average Bonchev–Trinajstić information content (AvgIpc) is 2.56. The van der Waals surface area contributed by atoms with Crippen molar-refractivity contribution < 1.29 is 17.9 Å². The molecule has 2 rings (SSSR count). The Labute approximate surface area is 92.6 Å². The Hall–Kier alpha value is -1.82. The van der Waals surface area contributed by atoms with Crippen LogP contribution >= 0.6 is 0 Å². The van der Waals surface area contributed by atoms with Gasteiger partial charge >= 0.3 is 6.09 Å². The fourth-order valence-electron chi connectivity index (χ4n) is 1.41. The number of hydrogen-bond donors (Lipinski definition) is 1. The van der Waals surface area contributed by atoms with E-state index in [0.717, 1.165) is 5.41 Å². The highest BCUT2D eigenvalue weighted by Gasteiger charge is 2.23. The van der Waals surface area contributed by atoms with E-state index in [0.29, 0.717) is 5.56 Å². The van der Waals surface area contributed by atoms with E-state index in [2.05, 4.69) is 5.32 Å². The molecule has 0 spiro atoms. The standard InChI is InChI=1S/C10H9NO4S/c1-11-10(12)15-8-3-2-4-9-7(8)5-6-16(9,13)14/h2-6H,1H3,(H,11,12). The smallest absolute Gasteiger partial charge is 0.410 e. The van der Waals surface area contributed by atoms with E-state index >= 15 is 0 Å². The van der Waals surface area contributed by atoms with Gasteiger partial charge in [-0.2, -0.15) is 0 Å². The van der Waals surface area contributed by atoms with Gasteiger partial charge in [0.2, 0.25) is 9.84 Å². The van der Waals surface area contributed by atoms with Gasteiger partial charge in [-0.3, -0.25) is 0 Å². The molecule has 0 fully saturated rings. The van der Waals surface area contributed by atoms with Crippen molar-refractivity contribution >= 4 is 22.0 Å². The molecule has 1 aliphatic heterocycles. The minimum atomic E-state index is -3.36. The van der Waals surface area contributed by atoms with E-state index in [9.17, 15) is 13.2 Å². The summed E-state index contributed by atoms with van der Waals surface area (Å²) in [6.45, 7) is 0. The highest BCUT2D eigenvalue weighted by Crippen LogP contribution is 2.33. The third-order valence-electron chi connectivity index (χ3n) is 2.15. The summed E-state index contributed by atoms with van der Waals surface area (Å²) in [7, 11) is -1.93. The van der Waals surface area contributed by atoms with Crippen LogP contribution in [0.4, 0.5) is 4.79 Å². The molecular formula is C10H9NO4S. The first-order valence-corrected chi connectivity index (χ1v) is 6.05. The Morgan fingerprint density at radius 3 is 2.81 bits per heavy atom. The second kappa shape index (κ2) is 3.64. The number of carbonyl (C=O) groups is 1. The summed E-state index contributed by atoms with van der Waals surface area (Å²) in [5.41, 5.74) is 0.408. The van der Waals surface area contributed by atoms with Crippen LogP contribution in [0.25, 0.3) is 6.08 Å². The van der Waals surface area contributed by atoms with Gasteiger partial charge in [0.25, 0.3) is 0 Å². The molecule has 0 aliphatic carbocycles. The molecule has 0 saturated carbocycles. The molecule has 1 heterocycles. The van der Waals surface area contributed by atoms with Gasteiger partial charge in [-0.15, -0.1) is 0 Å². The van der Waals surface area contributed by atoms with Crippen LogP contribution in [0.15, 0.2) is 28.5 Å².